The van der Waals surface area contributed by atoms with Crippen LogP contribution >= 0.6 is 0 Å². The molecule has 1 aliphatic rings. The normalized spacial score (nSPS) is 19.6. The summed E-state index contributed by atoms with van der Waals surface area (Å²) in [6.45, 7) is 4.16. The predicted octanol–water partition coefficient (Wildman–Crippen LogP) is 1.74. The fraction of sp³-hybridized carbons (Fsp3) is 0.421. The maximum absolute atomic E-state index is 12.6. The van der Waals surface area contributed by atoms with Crippen molar-refractivity contribution in [2.24, 2.45) is 13.0 Å². The highest BCUT2D eigenvalue weighted by Gasteiger charge is 2.40. The third-order valence-corrected chi connectivity index (χ3v) is 5.00. The number of carboxylic acids is 1. The van der Waals surface area contributed by atoms with E-state index in [1.54, 1.807) is 9.58 Å². The molecule has 2 unspecified atom stereocenters. The Hall–Kier alpha value is -2.83. The van der Waals surface area contributed by atoms with Crippen LogP contribution < -0.4 is 4.74 Å². The third-order valence-electron chi connectivity index (χ3n) is 5.00. The van der Waals surface area contributed by atoms with E-state index in [1.807, 2.05) is 51.2 Å². The Morgan fingerprint density at radius 3 is 2.50 bits per heavy atom. The molecule has 2 aromatic rings. The number of likely N-dealkylation sites (tertiary alicyclic amines) is 1. The monoisotopic (exact) mass is 357 g/mol. The van der Waals surface area contributed by atoms with E-state index in [-0.39, 0.29) is 25.0 Å². The summed E-state index contributed by atoms with van der Waals surface area (Å²) < 4.78 is 7.38. The lowest BCUT2D eigenvalue weighted by molar-refractivity contribution is -0.142. The fourth-order valence-corrected chi connectivity index (χ4v) is 3.48. The molecule has 1 aromatic heterocycles. The molecule has 7 heteroatoms. The van der Waals surface area contributed by atoms with Crippen LogP contribution in [-0.4, -0.2) is 51.4 Å². The molecule has 7 nitrogen and oxygen atoms in total. The van der Waals surface area contributed by atoms with Gasteiger partial charge in [-0.1, -0.05) is 30.3 Å². The number of benzene rings is 1. The number of hydrogen-bond donors (Lipinski definition) is 1. The molecule has 0 saturated carbocycles. The summed E-state index contributed by atoms with van der Waals surface area (Å²) in [4.78, 5) is 25.8. The van der Waals surface area contributed by atoms with Crippen molar-refractivity contribution >= 4 is 11.9 Å². The van der Waals surface area contributed by atoms with Gasteiger partial charge in [0.25, 0.3) is 5.91 Å². The highest BCUT2D eigenvalue weighted by atomic mass is 16.5. The number of rotatable bonds is 5. The largest absolute Gasteiger partial charge is 0.481 e. The van der Waals surface area contributed by atoms with Crippen molar-refractivity contribution in [1.82, 2.24) is 14.7 Å². The van der Waals surface area contributed by atoms with Crippen LogP contribution in [0.25, 0.3) is 0 Å². The summed E-state index contributed by atoms with van der Waals surface area (Å²) in [6, 6.07) is 9.48. The first kappa shape index (κ1) is 18.0. The molecule has 26 heavy (non-hydrogen) atoms. The van der Waals surface area contributed by atoms with E-state index in [0.29, 0.717) is 12.3 Å². The number of aliphatic carboxylic acids is 1. The number of ether oxygens (including phenoxy) is 1. The predicted molar refractivity (Wildman–Crippen MR) is 95.1 cm³/mol. The van der Waals surface area contributed by atoms with E-state index in [2.05, 4.69) is 5.10 Å². The topological polar surface area (TPSA) is 84.7 Å². The van der Waals surface area contributed by atoms with Gasteiger partial charge in [-0.3, -0.25) is 14.3 Å². The van der Waals surface area contributed by atoms with Crippen LogP contribution in [-0.2, 0) is 16.6 Å². The van der Waals surface area contributed by atoms with Crippen LogP contribution in [0.4, 0.5) is 0 Å². The molecule has 1 amide bonds. The van der Waals surface area contributed by atoms with Crippen molar-refractivity contribution in [1.29, 1.82) is 0 Å². The van der Waals surface area contributed by atoms with Gasteiger partial charge >= 0.3 is 5.97 Å². The highest BCUT2D eigenvalue weighted by Crippen LogP contribution is 2.33. The minimum absolute atomic E-state index is 0.124. The lowest BCUT2D eigenvalue weighted by Crippen LogP contribution is -2.34. The highest BCUT2D eigenvalue weighted by molar-refractivity contribution is 5.80. The van der Waals surface area contributed by atoms with Gasteiger partial charge in [-0.15, -0.1) is 0 Å². The maximum Gasteiger partial charge on any atom is 0.308 e. The van der Waals surface area contributed by atoms with Gasteiger partial charge in [0.1, 0.15) is 5.69 Å². The Labute approximate surface area is 152 Å². The van der Waals surface area contributed by atoms with Crippen LogP contribution in [0.1, 0.15) is 22.9 Å². The zero-order valence-electron chi connectivity index (χ0n) is 15.2. The van der Waals surface area contributed by atoms with E-state index in [0.717, 1.165) is 17.0 Å². The fourth-order valence-electron chi connectivity index (χ4n) is 3.48. The molecule has 138 valence electrons. The van der Waals surface area contributed by atoms with Crippen molar-refractivity contribution in [3.63, 3.8) is 0 Å². The summed E-state index contributed by atoms with van der Waals surface area (Å²) >= 11 is 0. The van der Waals surface area contributed by atoms with E-state index in [9.17, 15) is 14.7 Å². The molecule has 1 fully saturated rings. The van der Waals surface area contributed by atoms with Gasteiger partial charge in [0.2, 0.25) is 0 Å². The van der Waals surface area contributed by atoms with Crippen molar-refractivity contribution in [2.75, 3.05) is 19.7 Å². The lowest BCUT2D eigenvalue weighted by atomic mass is 9.89. The average molecular weight is 357 g/mol. The first-order valence-electron chi connectivity index (χ1n) is 8.57. The Balaban J connectivity index is 1.69. The molecule has 0 bridgehead atoms. The number of aromatic nitrogens is 2. The maximum atomic E-state index is 12.6. The Morgan fingerprint density at radius 2 is 1.92 bits per heavy atom. The van der Waals surface area contributed by atoms with Crippen LogP contribution in [0.2, 0.25) is 0 Å². The van der Waals surface area contributed by atoms with Gasteiger partial charge in [0, 0.05) is 26.1 Å². The second-order valence-electron chi connectivity index (χ2n) is 6.67. The zero-order valence-corrected chi connectivity index (χ0v) is 15.2. The number of aryl methyl sites for hydroxylation is 2. The standard InChI is InChI=1S/C19H23N3O4/c1-12-18(13(2)21(3)20-12)26-11-17(23)22-9-15(16(10-22)19(24)25)14-7-5-4-6-8-14/h4-8,15-16H,9-11H2,1-3H3,(H,24,25). The molecule has 1 aromatic carbocycles. The van der Waals surface area contributed by atoms with Crippen molar-refractivity contribution in [3.05, 3.63) is 47.3 Å². The summed E-state index contributed by atoms with van der Waals surface area (Å²) in [5, 5.41) is 13.8. The van der Waals surface area contributed by atoms with Crippen LogP contribution in [0.5, 0.6) is 5.75 Å². The first-order chi connectivity index (χ1) is 12.4. The molecule has 1 saturated heterocycles. The quantitative estimate of drug-likeness (QED) is 0.881. The smallest absolute Gasteiger partial charge is 0.308 e. The Bertz CT molecular complexity index is 816. The summed E-state index contributed by atoms with van der Waals surface area (Å²) in [5.41, 5.74) is 2.52. The summed E-state index contributed by atoms with van der Waals surface area (Å²) in [6.07, 6.45) is 0. The average Bonchev–Trinajstić information content (AvgIpc) is 3.17. The molecular weight excluding hydrogens is 334 g/mol. The molecule has 0 aliphatic carbocycles. The lowest BCUT2D eigenvalue weighted by Gasteiger charge is -2.17. The SMILES string of the molecule is Cc1nn(C)c(C)c1OCC(=O)N1CC(C(=O)O)C(c2ccccc2)C1. The van der Waals surface area contributed by atoms with Gasteiger partial charge in [0.05, 0.1) is 11.6 Å². The van der Waals surface area contributed by atoms with Gasteiger partial charge in [-0.05, 0) is 19.4 Å². The number of carbonyl (C=O) groups excluding carboxylic acids is 1. The number of nitrogens with zero attached hydrogens (tertiary/aromatic N) is 3. The Kier molecular flexibility index (Phi) is 4.97. The van der Waals surface area contributed by atoms with Crippen molar-refractivity contribution in [2.45, 2.75) is 19.8 Å². The van der Waals surface area contributed by atoms with Crippen LogP contribution in [0.15, 0.2) is 30.3 Å². The minimum atomic E-state index is -0.881. The molecule has 2 atom stereocenters. The third kappa shape index (κ3) is 3.42. The van der Waals surface area contributed by atoms with E-state index in [4.69, 9.17) is 4.74 Å². The van der Waals surface area contributed by atoms with Gasteiger partial charge in [0.15, 0.2) is 12.4 Å². The molecule has 3 rings (SSSR count). The molecule has 1 aliphatic heterocycles. The summed E-state index contributed by atoms with van der Waals surface area (Å²) in [5.74, 6) is -1.30. The zero-order chi connectivity index (χ0) is 18.8. The molecular formula is C19H23N3O4. The number of carboxylic acid groups (broad SMARTS) is 1. The number of carbonyl (C=O) groups is 2. The Morgan fingerprint density at radius 1 is 1.23 bits per heavy atom. The molecule has 0 spiro atoms. The van der Waals surface area contributed by atoms with Gasteiger partial charge in [-0.2, -0.15) is 5.10 Å². The van der Waals surface area contributed by atoms with Gasteiger partial charge in [-0.25, -0.2) is 0 Å². The van der Waals surface area contributed by atoms with Gasteiger partial charge < -0.3 is 14.7 Å². The first-order valence-corrected chi connectivity index (χ1v) is 8.57. The van der Waals surface area contributed by atoms with E-state index < -0.39 is 11.9 Å². The molecule has 1 N–H and O–H groups in total. The second kappa shape index (κ2) is 7.19. The molecule has 2 heterocycles. The summed E-state index contributed by atoms with van der Waals surface area (Å²) in [7, 11) is 1.82. The van der Waals surface area contributed by atoms with E-state index in [1.165, 1.54) is 0 Å². The number of hydrogen-bond acceptors (Lipinski definition) is 4. The van der Waals surface area contributed by atoms with Crippen molar-refractivity contribution < 1.29 is 19.4 Å². The van der Waals surface area contributed by atoms with E-state index >= 15 is 0 Å². The van der Waals surface area contributed by atoms with Crippen molar-refractivity contribution in [3.8, 4) is 5.75 Å². The second-order valence-corrected chi connectivity index (χ2v) is 6.67. The van der Waals surface area contributed by atoms with Crippen LogP contribution in [0, 0.1) is 19.8 Å². The number of amides is 1. The van der Waals surface area contributed by atoms with Crippen LogP contribution in [0.3, 0.4) is 0 Å². The molecule has 0 radical (unpaired) electrons. The minimum Gasteiger partial charge on any atom is -0.481 e.